The minimum absolute atomic E-state index is 0.120. The van der Waals surface area contributed by atoms with Gasteiger partial charge in [-0.15, -0.1) is 28.1 Å². The second-order valence-electron chi connectivity index (χ2n) is 8.04. The van der Waals surface area contributed by atoms with Crippen molar-refractivity contribution in [3.63, 3.8) is 0 Å². The Labute approximate surface area is 228 Å². The molecule has 0 fully saturated rings. The summed E-state index contributed by atoms with van der Waals surface area (Å²) in [5, 5.41) is 15.8. The second kappa shape index (κ2) is 12.2. The van der Waals surface area contributed by atoms with Crippen LogP contribution in [-0.4, -0.2) is 37.3 Å². The quantitative estimate of drug-likeness (QED) is 0.191. The standard InChI is InChI=1S/C26H25ClN6O2S2/c1-4-14-33-23(16(2)28-24(35)19-12-8-9-13-20(19)27)31-32-26(33)36-15-21(34)29-25-30-22(17(3)37-25)18-10-6-5-7-11-18/h4-13,16H,1,14-15H2,2-3H3,(H,28,35)(H,29,30,34)/t16-/m1/s1. The van der Waals surface area contributed by atoms with Crippen molar-refractivity contribution in [2.45, 2.75) is 31.6 Å². The predicted octanol–water partition coefficient (Wildman–Crippen LogP) is 5.77. The fourth-order valence-corrected chi connectivity index (χ4v) is 5.44. The Morgan fingerprint density at radius 1 is 1.16 bits per heavy atom. The zero-order chi connectivity index (χ0) is 26.4. The predicted molar refractivity (Wildman–Crippen MR) is 149 cm³/mol. The molecule has 0 aliphatic heterocycles. The van der Waals surface area contributed by atoms with Gasteiger partial charge in [-0.2, -0.15) is 0 Å². The van der Waals surface area contributed by atoms with Gasteiger partial charge in [0.15, 0.2) is 16.1 Å². The third kappa shape index (κ3) is 6.46. The highest BCUT2D eigenvalue weighted by Gasteiger charge is 2.21. The van der Waals surface area contributed by atoms with E-state index in [1.165, 1.54) is 23.1 Å². The van der Waals surface area contributed by atoms with E-state index < -0.39 is 6.04 Å². The average molecular weight is 553 g/mol. The normalized spacial score (nSPS) is 11.6. The highest BCUT2D eigenvalue weighted by Crippen LogP contribution is 2.30. The SMILES string of the molecule is C=CCn1c(SCC(=O)Nc2nc(-c3ccccc3)c(C)s2)nnc1[C@@H](C)NC(=O)c1ccccc1Cl. The monoisotopic (exact) mass is 552 g/mol. The van der Waals surface area contributed by atoms with Crippen LogP contribution in [-0.2, 0) is 11.3 Å². The van der Waals surface area contributed by atoms with Crippen molar-refractivity contribution in [3.8, 4) is 11.3 Å². The molecule has 2 heterocycles. The van der Waals surface area contributed by atoms with Crippen molar-refractivity contribution in [1.82, 2.24) is 25.1 Å². The van der Waals surface area contributed by atoms with Crippen molar-refractivity contribution in [3.05, 3.63) is 88.5 Å². The lowest BCUT2D eigenvalue weighted by atomic mass is 10.1. The minimum Gasteiger partial charge on any atom is -0.342 e. The van der Waals surface area contributed by atoms with E-state index in [2.05, 4.69) is 32.4 Å². The third-order valence-electron chi connectivity index (χ3n) is 5.33. The van der Waals surface area contributed by atoms with Crippen LogP contribution in [0.1, 0.15) is 34.0 Å². The summed E-state index contributed by atoms with van der Waals surface area (Å²) in [6.07, 6.45) is 1.71. The number of benzene rings is 2. The average Bonchev–Trinajstić information content (AvgIpc) is 3.46. The van der Waals surface area contributed by atoms with E-state index in [1.807, 2.05) is 48.7 Å². The molecule has 2 aromatic heterocycles. The molecule has 0 aliphatic rings. The molecular weight excluding hydrogens is 528 g/mol. The number of allylic oxidation sites excluding steroid dienone is 1. The van der Waals surface area contributed by atoms with Gasteiger partial charge in [-0.3, -0.25) is 9.59 Å². The Morgan fingerprint density at radius 3 is 2.62 bits per heavy atom. The van der Waals surface area contributed by atoms with Crippen molar-refractivity contribution in [1.29, 1.82) is 0 Å². The lowest BCUT2D eigenvalue weighted by Gasteiger charge is -2.15. The number of thiazole rings is 1. The lowest BCUT2D eigenvalue weighted by molar-refractivity contribution is -0.113. The Hall–Kier alpha value is -3.47. The summed E-state index contributed by atoms with van der Waals surface area (Å²) in [5.41, 5.74) is 2.24. The van der Waals surface area contributed by atoms with Crippen LogP contribution in [0.15, 0.2) is 72.4 Å². The number of hydrogen-bond donors (Lipinski definition) is 2. The molecule has 2 amide bonds. The van der Waals surface area contributed by atoms with Gasteiger partial charge in [-0.05, 0) is 26.0 Å². The zero-order valence-corrected chi connectivity index (χ0v) is 22.7. The van der Waals surface area contributed by atoms with Crippen LogP contribution in [0.3, 0.4) is 0 Å². The number of thioether (sulfide) groups is 1. The van der Waals surface area contributed by atoms with Crippen LogP contribution in [0.5, 0.6) is 0 Å². The molecule has 190 valence electrons. The van der Waals surface area contributed by atoms with Gasteiger partial charge in [0.2, 0.25) is 5.91 Å². The first kappa shape index (κ1) is 26.6. The van der Waals surface area contributed by atoms with Crippen molar-refractivity contribution in [2.24, 2.45) is 0 Å². The van der Waals surface area contributed by atoms with E-state index >= 15 is 0 Å². The summed E-state index contributed by atoms with van der Waals surface area (Å²) in [5.74, 6) is 0.155. The number of halogens is 1. The summed E-state index contributed by atoms with van der Waals surface area (Å²) in [6.45, 7) is 8.02. The Morgan fingerprint density at radius 2 is 1.89 bits per heavy atom. The van der Waals surface area contributed by atoms with E-state index in [4.69, 9.17) is 11.6 Å². The van der Waals surface area contributed by atoms with Crippen LogP contribution in [0.25, 0.3) is 11.3 Å². The lowest BCUT2D eigenvalue weighted by Crippen LogP contribution is -2.29. The molecule has 0 spiro atoms. The first-order chi connectivity index (χ1) is 17.9. The molecule has 11 heteroatoms. The molecule has 37 heavy (non-hydrogen) atoms. The van der Waals surface area contributed by atoms with Crippen LogP contribution < -0.4 is 10.6 Å². The molecule has 2 aromatic carbocycles. The van der Waals surface area contributed by atoms with E-state index in [-0.39, 0.29) is 17.6 Å². The molecule has 0 aliphatic carbocycles. The molecule has 8 nitrogen and oxygen atoms in total. The maximum atomic E-state index is 12.7. The molecule has 1 atom stereocenters. The molecule has 2 N–H and O–H groups in total. The summed E-state index contributed by atoms with van der Waals surface area (Å²) in [6, 6.07) is 16.2. The number of amides is 2. The third-order valence-corrected chi connectivity index (χ3v) is 7.52. The maximum absolute atomic E-state index is 12.7. The number of aryl methyl sites for hydroxylation is 1. The number of hydrogen-bond acceptors (Lipinski definition) is 7. The molecule has 0 unspecified atom stereocenters. The van der Waals surface area contributed by atoms with Gasteiger partial charge in [0, 0.05) is 17.0 Å². The minimum atomic E-state index is -0.450. The highest BCUT2D eigenvalue weighted by atomic mass is 35.5. The number of carbonyl (C=O) groups is 2. The van der Waals surface area contributed by atoms with Gasteiger partial charge in [0.25, 0.3) is 5.91 Å². The van der Waals surface area contributed by atoms with Gasteiger partial charge in [0.05, 0.1) is 28.1 Å². The van der Waals surface area contributed by atoms with Crippen LogP contribution in [0.4, 0.5) is 5.13 Å². The number of anilines is 1. The van der Waals surface area contributed by atoms with Crippen molar-refractivity contribution in [2.75, 3.05) is 11.1 Å². The Balaban J connectivity index is 1.40. The van der Waals surface area contributed by atoms with E-state index in [9.17, 15) is 9.59 Å². The molecule has 0 saturated carbocycles. The van der Waals surface area contributed by atoms with E-state index in [0.29, 0.717) is 33.2 Å². The summed E-state index contributed by atoms with van der Waals surface area (Å²) >= 11 is 8.84. The fraction of sp³-hybridized carbons (Fsp3) is 0.192. The summed E-state index contributed by atoms with van der Waals surface area (Å²) in [4.78, 5) is 31.0. The van der Waals surface area contributed by atoms with Gasteiger partial charge in [-0.25, -0.2) is 4.98 Å². The van der Waals surface area contributed by atoms with Crippen molar-refractivity contribution < 1.29 is 9.59 Å². The van der Waals surface area contributed by atoms with Gasteiger partial charge in [-0.1, -0.05) is 71.9 Å². The molecule has 0 bridgehead atoms. The first-order valence-electron chi connectivity index (χ1n) is 11.4. The number of aromatic nitrogens is 4. The second-order valence-corrected chi connectivity index (χ2v) is 10.6. The Kier molecular flexibility index (Phi) is 8.75. The van der Waals surface area contributed by atoms with Crippen LogP contribution in [0.2, 0.25) is 5.02 Å². The molecule has 0 saturated heterocycles. The van der Waals surface area contributed by atoms with Crippen molar-refractivity contribution >= 4 is 51.6 Å². The smallest absolute Gasteiger partial charge is 0.253 e. The molecule has 4 rings (SSSR count). The van der Waals surface area contributed by atoms with E-state index in [1.54, 1.807) is 30.3 Å². The number of nitrogens with zero attached hydrogens (tertiary/aromatic N) is 4. The fourth-order valence-electron chi connectivity index (χ4n) is 3.61. The Bertz CT molecular complexity index is 1420. The van der Waals surface area contributed by atoms with Crippen LogP contribution in [0, 0.1) is 6.92 Å². The first-order valence-corrected chi connectivity index (χ1v) is 13.6. The number of nitrogens with one attached hydrogen (secondary N) is 2. The maximum Gasteiger partial charge on any atom is 0.253 e. The number of carbonyl (C=O) groups excluding carboxylic acids is 2. The van der Waals surface area contributed by atoms with E-state index in [0.717, 1.165) is 16.1 Å². The van der Waals surface area contributed by atoms with Gasteiger partial charge >= 0.3 is 0 Å². The zero-order valence-electron chi connectivity index (χ0n) is 20.3. The topological polar surface area (TPSA) is 102 Å². The molecular formula is C26H25ClN6O2S2. The van der Waals surface area contributed by atoms with Gasteiger partial charge in [0.1, 0.15) is 0 Å². The molecule has 0 radical (unpaired) electrons. The molecule has 4 aromatic rings. The number of rotatable bonds is 10. The highest BCUT2D eigenvalue weighted by molar-refractivity contribution is 7.99. The largest absolute Gasteiger partial charge is 0.342 e. The summed E-state index contributed by atoms with van der Waals surface area (Å²) < 4.78 is 1.82. The van der Waals surface area contributed by atoms with Crippen LogP contribution >= 0.6 is 34.7 Å². The summed E-state index contributed by atoms with van der Waals surface area (Å²) in [7, 11) is 0. The van der Waals surface area contributed by atoms with Gasteiger partial charge < -0.3 is 15.2 Å².